The molecule has 0 radical (unpaired) electrons. The van der Waals surface area contributed by atoms with E-state index in [0.29, 0.717) is 23.2 Å². The number of hydrogen-bond acceptors (Lipinski definition) is 3. The number of piperidine rings is 1. The van der Waals surface area contributed by atoms with E-state index in [1.807, 2.05) is 36.4 Å². The molecule has 1 amide bonds. The van der Waals surface area contributed by atoms with Crippen LogP contribution in [0.2, 0.25) is 0 Å². The van der Waals surface area contributed by atoms with Crippen LogP contribution < -0.4 is 4.90 Å². The van der Waals surface area contributed by atoms with Gasteiger partial charge in [0.2, 0.25) is 0 Å². The molecule has 2 fully saturated rings. The van der Waals surface area contributed by atoms with Crippen LogP contribution in [0.25, 0.3) is 11.1 Å². The van der Waals surface area contributed by atoms with Crippen molar-refractivity contribution in [2.75, 3.05) is 31.1 Å². The Hall–Kier alpha value is -3.31. The van der Waals surface area contributed by atoms with Crippen LogP contribution in [0.1, 0.15) is 57.5 Å². The first-order valence-electron chi connectivity index (χ1n) is 12.7. The third-order valence-electron chi connectivity index (χ3n) is 8.54. The predicted molar refractivity (Wildman–Crippen MR) is 133 cm³/mol. The van der Waals surface area contributed by atoms with Crippen molar-refractivity contribution < 1.29 is 14.0 Å². The molecule has 35 heavy (non-hydrogen) atoms. The lowest BCUT2D eigenvalue weighted by Crippen LogP contribution is -2.46. The standard InChI is InChI=1S/C30H27FN2O2/c31-20-10-11-26-25(16-20)30(12-14-32(15-13-30)17-19-8-9-19)18-33(26)29(35)24-7-3-6-22-21-4-1-2-5-23(21)28(34)27(22)24/h1-7,10-11,16,19H,8-9,12-15,17-18H2. The van der Waals surface area contributed by atoms with Crippen LogP contribution in [-0.2, 0) is 5.41 Å². The fourth-order valence-electron chi connectivity index (χ4n) is 6.47. The lowest BCUT2D eigenvalue weighted by Gasteiger charge is -2.40. The van der Waals surface area contributed by atoms with Crippen molar-refractivity contribution in [1.82, 2.24) is 4.90 Å². The normalized spacial score (nSPS) is 20.1. The molecule has 4 nitrogen and oxygen atoms in total. The zero-order chi connectivity index (χ0) is 23.7. The van der Waals surface area contributed by atoms with Crippen LogP contribution in [0.3, 0.4) is 0 Å². The Morgan fingerprint density at radius 2 is 1.69 bits per heavy atom. The number of carbonyl (C=O) groups excluding carboxylic acids is 2. The number of carbonyl (C=O) groups is 2. The minimum Gasteiger partial charge on any atom is -0.307 e. The van der Waals surface area contributed by atoms with E-state index >= 15 is 0 Å². The molecule has 2 heterocycles. The predicted octanol–water partition coefficient (Wildman–Crippen LogP) is 5.44. The van der Waals surface area contributed by atoms with Crippen molar-refractivity contribution in [2.24, 2.45) is 5.92 Å². The number of fused-ring (bicyclic) bond motifs is 5. The van der Waals surface area contributed by atoms with E-state index in [0.717, 1.165) is 60.8 Å². The maximum Gasteiger partial charge on any atom is 0.259 e. The summed E-state index contributed by atoms with van der Waals surface area (Å²) in [5.74, 6) is 0.315. The van der Waals surface area contributed by atoms with Crippen LogP contribution >= 0.6 is 0 Å². The first kappa shape index (κ1) is 21.0. The van der Waals surface area contributed by atoms with Gasteiger partial charge >= 0.3 is 0 Å². The molecule has 5 heteroatoms. The summed E-state index contributed by atoms with van der Waals surface area (Å²) in [6.07, 6.45) is 4.50. The SMILES string of the molecule is O=C1c2ccccc2-c2cccc(C(=O)N3CC4(CCN(CC5CC5)CC4)c4cc(F)ccc43)c21. The summed E-state index contributed by atoms with van der Waals surface area (Å²) in [6.45, 7) is 3.65. The van der Waals surface area contributed by atoms with Crippen molar-refractivity contribution in [2.45, 2.75) is 31.1 Å². The summed E-state index contributed by atoms with van der Waals surface area (Å²) < 4.78 is 14.4. The Balaban J connectivity index is 1.25. The summed E-state index contributed by atoms with van der Waals surface area (Å²) in [5.41, 5.74) is 4.75. The van der Waals surface area contributed by atoms with E-state index in [4.69, 9.17) is 0 Å². The molecule has 1 spiro atoms. The second kappa shape index (κ2) is 7.59. The molecule has 176 valence electrons. The number of anilines is 1. The van der Waals surface area contributed by atoms with Gasteiger partial charge in [-0.3, -0.25) is 9.59 Å². The Labute approximate surface area is 204 Å². The maximum absolute atomic E-state index is 14.4. The smallest absolute Gasteiger partial charge is 0.259 e. The van der Waals surface area contributed by atoms with E-state index in [-0.39, 0.29) is 22.9 Å². The number of amides is 1. The zero-order valence-electron chi connectivity index (χ0n) is 19.6. The monoisotopic (exact) mass is 466 g/mol. The number of nitrogens with zero attached hydrogens (tertiary/aromatic N) is 2. The maximum atomic E-state index is 14.4. The quantitative estimate of drug-likeness (QED) is 0.404. The Kier molecular flexibility index (Phi) is 4.56. The van der Waals surface area contributed by atoms with Crippen LogP contribution in [0.5, 0.6) is 0 Å². The van der Waals surface area contributed by atoms with Gasteiger partial charge in [0, 0.05) is 35.3 Å². The van der Waals surface area contributed by atoms with Gasteiger partial charge < -0.3 is 9.80 Å². The molecule has 1 saturated heterocycles. The fraction of sp³-hybridized carbons (Fsp3) is 0.333. The van der Waals surface area contributed by atoms with Gasteiger partial charge in [-0.05, 0) is 85.6 Å². The largest absolute Gasteiger partial charge is 0.307 e. The van der Waals surface area contributed by atoms with Crippen molar-refractivity contribution in [3.63, 3.8) is 0 Å². The fourth-order valence-corrected chi connectivity index (χ4v) is 6.47. The van der Waals surface area contributed by atoms with Crippen molar-refractivity contribution >= 4 is 17.4 Å². The molecule has 7 rings (SSSR count). The first-order chi connectivity index (χ1) is 17.0. The van der Waals surface area contributed by atoms with Gasteiger partial charge in [-0.25, -0.2) is 4.39 Å². The molecule has 0 atom stereocenters. The van der Waals surface area contributed by atoms with Crippen molar-refractivity contribution in [3.8, 4) is 11.1 Å². The molecule has 3 aromatic carbocycles. The third-order valence-corrected chi connectivity index (χ3v) is 8.54. The number of hydrogen-bond donors (Lipinski definition) is 0. The lowest BCUT2D eigenvalue weighted by molar-refractivity contribution is 0.0963. The molecule has 4 aliphatic rings. The van der Waals surface area contributed by atoms with E-state index in [9.17, 15) is 14.0 Å². The summed E-state index contributed by atoms with van der Waals surface area (Å²) in [6, 6.07) is 17.9. The van der Waals surface area contributed by atoms with E-state index < -0.39 is 0 Å². The molecule has 2 aliphatic heterocycles. The summed E-state index contributed by atoms with van der Waals surface area (Å²) >= 11 is 0. The van der Waals surface area contributed by atoms with Gasteiger partial charge in [-0.2, -0.15) is 0 Å². The molecule has 0 aromatic heterocycles. The third kappa shape index (κ3) is 3.21. The van der Waals surface area contributed by atoms with Crippen LogP contribution in [-0.4, -0.2) is 42.8 Å². The van der Waals surface area contributed by atoms with Gasteiger partial charge in [0.05, 0.1) is 5.56 Å². The second-order valence-corrected chi connectivity index (χ2v) is 10.7. The Morgan fingerprint density at radius 1 is 0.943 bits per heavy atom. The minimum atomic E-state index is -0.260. The van der Waals surface area contributed by atoms with Gasteiger partial charge in [-0.1, -0.05) is 36.4 Å². The Bertz CT molecular complexity index is 1380. The van der Waals surface area contributed by atoms with Gasteiger partial charge in [0.15, 0.2) is 5.78 Å². The highest BCUT2D eigenvalue weighted by Gasteiger charge is 2.47. The van der Waals surface area contributed by atoms with Crippen molar-refractivity contribution in [1.29, 1.82) is 0 Å². The van der Waals surface area contributed by atoms with E-state index in [1.54, 1.807) is 23.1 Å². The number of benzene rings is 3. The van der Waals surface area contributed by atoms with Crippen LogP contribution in [0, 0.1) is 11.7 Å². The van der Waals surface area contributed by atoms with Gasteiger partial charge in [0.1, 0.15) is 5.82 Å². The zero-order valence-corrected chi connectivity index (χ0v) is 19.6. The second-order valence-electron chi connectivity index (χ2n) is 10.7. The molecule has 2 aliphatic carbocycles. The average molecular weight is 467 g/mol. The highest BCUT2D eigenvalue weighted by atomic mass is 19.1. The van der Waals surface area contributed by atoms with Crippen molar-refractivity contribution in [3.05, 3.63) is 88.7 Å². The molecule has 0 bridgehead atoms. The number of ketones is 1. The van der Waals surface area contributed by atoms with Crippen LogP contribution in [0.15, 0.2) is 60.7 Å². The lowest BCUT2D eigenvalue weighted by atomic mass is 9.74. The highest BCUT2D eigenvalue weighted by molar-refractivity contribution is 6.27. The molecule has 3 aromatic rings. The van der Waals surface area contributed by atoms with Gasteiger partial charge in [0.25, 0.3) is 5.91 Å². The number of rotatable bonds is 3. The molecular weight excluding hydrogens is 439 g/mol. The Morgan fingerprint density at radius 3 is 2.46 bits per heavy atom. The summed E-state index contributed by atoms with van der Waals surface area (Å²) in [5, 5.41) is 0. The number of halogens is 1. The summed E-state index contributed by atoms with van der Waals surface area (Å²) in [7, 11) is 0. The molecule has 0 unspecified atom stereocenters. The topological polar surface area (TPSA) is 40.6 Å². The van der Waals surface area contributed by atoms with Crippen LogP contribution in [0.4, 0.5) is 10.1 Å². The molecular formula is C30H27FN2O2. The minimum absolute atomic E-state index is 0.0961. The van der Waals surface area contributed by atoms with E-state index in [2.05, 4.69) is 4.90 Å². The van der Waals surface area contributed by atoms with E-state index in [1.165, 1.54) is 18.9 Å². The average Bonchev–Trinajstić information content (AvgIpc) is 3.59. The first-order valence-corrected chi connectivity index (χ1v) is 12.7. The summed E-state index contributed by atoms with van der Waals surface area (Å²) in [4.78, 5) is 31.7. The van der Waals surface area contributed by atoms with Gasteiger partial charge in [-0.15, -0.1) is 0 Å². The molecule has 1 saturated carbocycles. The number of likely N-dealkylation sites (tertiary alicyclic amines) is 1. The highest BCUT2D eigenvalue weighted by Crippen LogP contribution is 2.49. The molecule has 0 N–H and O–H groups in total.